The summed E-state index contributed by atoms with van der Waals surface area (Å²) in [5, 5.41) is 5.22. The van der Waals surface area contributed by atoms with Crippen LogP contribution in [-0.4, -0.2) is 39.9 Å². The minimum absolute atomic E-state index is 0.160. The minimum Gasteiger partial charge on any atom is -0.357 e. The van der Waals surface area contributed by atoms with Crippen LogP contribution in [0.5, 0.6) is 0 Å². The van der Waals surface area contributed by atoms with Gasteiger partial charge < -0.3 is 10.2 Å². The van der Waals surface area contributed by atoms with Crippen LogP contribution in [-0.2, 0) is 4.79 Å². The molecular formula is C14H18N4OS. The maximum atomic E-state index is 12.4. The Labute approximate surface area is 122 Å². The second-order valence-corrected chi connectivity index (χ2v) is 6.03. The van der Waals surface area contributed by atoms with E-state index in [1.165, 1.54) is 12.7 Å². The van der Waals surface area contributed by atoms with Crippen LogP contribution in [0, 0.1) is 0 Å². The molecule has 1 amide bonds. The summed E-state index contributed by atoms with van der Waals surface area (Å²) in [6.07, 6.45) is 4.99. The van der Waals surface area contributed by atoms with Crippen molar-refractivity contribution in [3.63, 3.8) is 0 Å². The number of thiophene rings is 1. The van der Waals surface area contributed by atoms with E-state index >= 15 is 0 Å². The second-order valence-electron chi connectivity index (χ2n) is 5.11. The van der Waals surface area contributed by atoms with Gasteiger partial charge in [-0.15, -0.1) is 11.3 Å². The van der Waals surface area contributed by atoms with Crippen LogP contribution in [0.3, 0.4) is 0 Å². The molecule has 0 radical (unpaired) electrons. The SMILES string of the molecule is CC(Nc1ncnc2ccsc12)C(=O)N1CCCCC1. The van der Waals surface area contributed by atoms with Crippen molar-refractivity contribution in [3.05, 3.63) is 17.8 Å². The van der Waals surface area contributed by atoms with Crippen molar-refractivity contribution in [1.29, 1.82) is 0 Å². The van der Waals surface area contributed by atoms with Crippen LogP contribution in [0.15, 0.2) is 17.8 Å². The molecule has 1 N–H and O–H groups in total. The zero-order valence-electron chi connectivity index (χ0n) is 11.5. The van der Waals surface area contributed by atoms with Crippen LogP contribution >= 0.6 is 11.3 Å². The molecule has 2 aromatic rings. The van der Waals surface area contributed by atoms with Gasteiger partial charge in [-0.3, -0.25) is 4.79 Å². The van der Waals surface area contributed by atoms with Crippen molar-refractivity contribution < 1.29 is 4.79 Å². The molecule has 20 heavy (non-hydrogen) atoms. The van der Waals surface area contributed by atoms with E-state index in [4.69, 9.17) is 0 Å². The first-order valence-corrected chi connectivity index (χ1v) is 7.87. The lowest BCUT2D eigenvalue weighted by Crippen LogP contribution is -2.44. The highest BCUT2D eigenvalue weighted by molar-refractivity contribution is 7.17. The number of likely N-dealkylation sites (tertiary alicyclic amines) is 1. The fourth-order valence-corrected chi connectivity index (χ4v) is 3.34. The summed E-state index contributed by atoms with van der Waals surface area (Å²) in [6, 6.07) is 1.71. The lowest BCUT2D eigenvalue weighted by atomic mass is 10.1. The van der Waals surface area contributed by atoms with E-state index in [-0.39, 0.29) is 11.9 Å². The number of nitrogens with zero attached hydrogens (tertiary/aromatic N) is 3. The first-order chi connectivity index (χ1) is 9.75. The van der Waals surface area contributed by atoms with Gasteiger partial charge in [-0.1, -0.05) is 0 Å². The predicted octanol–water partition coefficient (Wildman–Crippen LogP) is 2.50. The molecule has 106 valence electrons. The van der Waals surface area contributed by atoms with Crippen LogP contribution < -0.4 is 5.32 Å². The van der Waals surface area contributed by atoms with Gasteiger partial charge in [0.25, 0.3) is 0 Å². The molecule has 0 aliphatic carbocycles. The first kappa shape index (κ1) is 13.3. The second kappa shape index (κ2) is 5.75. The monoisotopic (exact) mass is 290 g/mol. The van der Waals surface area contributed by atoms with Gasteiger partial charge in [0.2, 0.25) is 5.91 Å². The Morgan fingerprint density at radius 2 is 2.15 bits per heavy atom. The third kappa shape index (κ3) is 2.60. The highest BCUT2D eigenvalue weighted by Crippen LogP contribution is 2.25. The van der Waals surface area contributed by atoms with Gasteiger partial charge in [-0.05, 0) is 37.6 Å². The Hall–Kier alpha value is -1.69. The van der Waals surface area contributed by atoms with Gasteiger partial charge in [-0.2, -0.15) is 0 Å². The molecule has 1 fully saturated rings. The van der Waals surface area contributed by atoms with E-state index in [0.717, 1.165) is 42.0 Å². The predicted molar refractivity (Wildman–Crippen MR) is 80.9 cm³/mol. The maximum absolute atomic E-state index is 12.4. The van der Waals surface area contributed by atoms with Crippen molar-refractivity contribution in [3.8, 4) is 0 Å². The minimum atomic E-state index is -0.256. The smallest absolute Gasteiger partial charge is 0.244 e. The Balaban J connectivity index is 1.73. The van der Waals surface area contributed by atoms with E-state index in [2.05, 4.69) is 15.3 Å². The summed E-state index contributed by atoms with van der Waals surface area (Å²) in [6.45, 7) is 3.66. The van der Waals surface area contributed by atoms with Crippen LogP contribution in [0.2, 0.25) is 0 Å². The maximum Gasteiger partial charge on any atom is 0.244 e. The number of hydrogen-bond acceptors (Lipinski definition) is 5. The van der Waals surface area contributed by atoms with Gasteiger partial charge in [0.15, 0.2) is 0 Å². The Kier molecular flexibility index (Phi) is 3.82. The molecule has 3 heterocycles. The number of carbonyl (C=O) groups is 1. The molecule has 0 aromatic carbocycles. The average Bonchev–Trinajstić information content (AvgIpc) is 2.97. The number of carbonyl (C=O) groups excluding carboxylic acids is 1. The lowest BCUT2D eigenvalue weighted by Gasteiger charge is -2.29. The summed E-state index contributed by atoms with van der Waals surface area (Å²) in [4.78, 5) is 22.8. The van der Waals surface area contributed by atoms with E-state index in [9.17, 15) is 4.79 Å². The molecule has 1 unspecified atom stereocenters. The molecule has 0 spiro atoms. The van der Waals surface area contributed by atoms with E-state index in [1.54, 1.807) is 11.3 Å². The average molecular weight is 290 g/mol. The molecule has 1 aliphatic heterocycles. The van der Waals surface area contributed by atoms with Gasteiger partial charge in [0.1, 0.15) is 18.2 Å². The summed E-state index contributed by atoms with van der Waals surface area (Å²) in [5.74, 6) is 0.913. The van der Waals surface area contributed by atoms with Gasteiger partial charge >= 0.3 is 0 Å². The Morgan fingerprint density at radius 1 is 1.35 bits per heavy atom. The fourth-order valence-electron chi connectivity index (χ4n) is 2.55. The molecule has 1 aliphatic rings. The summed E-state index contributed by atoms with van der Waals surface area (Å²) >= 11 is 1.59. The molecule has 0 bridgehead atoms. The number of rotatable bonds is 3. The van der Waals surface area contributed by atoms with Gasteiger partial charge in [0.05, 0.1) is 10.2 Å². The molecule has 0 saturated carbocycles. The number of amides is 1. The molecule has 1 atom stereocenters. The lowest BCUT2D eigenvalue weighted by molar-refractivity contribution is -0.132. The number of fused-ring (bicyclic) bond motifs is 1. The Morgan fingerprint density at radius 3 is 2.95 bits per heavy atom. The zero-order valence-corrected chi connectivity index (χ0v) is 12.3. The van der Waals surface area contributed by atoms with Gasteiger partial charge in [0, 0.05) is 13.1 Å². The third-order valence-electron chi connectivity index (χ3n) is 3.63. The van der Waals surface area contributed by atoms with Crippen molar-refractivity contribution >= 4 is 33.3 Å². The molecule has 1 saturated heterocycles. The zero-order chi connectivity index (χ0) is 13.9. The van der Waals surface area contributed by atoms with Crippen LogP contribution in [0.1, 0.15) is 26.2 Å². The number of piperidine rings is 1. The standard InChI is InChI=1S/C14H18N4OS/c1-10(14(19)18-6-3-2-4-7-18)17-13-12-11(5-8-20-12)15-9-16-13/h5,8-10H,2-4,6-7H2,1H3,(H,15,16,17). The van der Waals surface area contributed by atoms with E-state index in [0.29, 0.717) is 0 Å². The fraction of sp³-hybridized carbons (Fsp3) is 0.500. The van der Waals surface area contributed by atoms with E-state index in [1.807, 2.05) is 23.3 Å². The van der Waals surface area contributed by atoms with Crippen molar-refractivity contribution in [2.45, 2.75) is 32.2 Å². The highest BCUT2D eigenvalue weighted by atomic mass is 32.1. The highest BCUT2D eigenvalue weighted by Gasteiger charge is 2.22. The molecule has 6 heteroatoms. The molecule has 5 nitrogen and oxygen atoms in total. The Bertz CT molecular complexity index is 606. The van der Waals surface area contributed by atoms with Gasteiger partial charge in [-0.25, -0.2) is 9.97 Å². The number of aromatic nitrogens is 2. The van der Waals surface area contributed by atoms with E-state index < -0.39 is 0 Å². The first-order valence-electron chi connectivity index (χ1n) is 6.99. The topological polar surface area (TPSA) is 58.1 Å². The van der Waals surface area contributed by atoms with Crippen molar-refractivity contribution in [2.24, 2.45) is 0 Å². The molecule has 3 rings (SSSR count). The third-order valence-corrected chi connectivity index (χ3v) is 4.54. The summed E-state index contributed by atoms with van der Waals surface area (Å²) in [7, 11) is 0. The molecular weight excluding hydrogens is 272 g/mol. The number of anilines is 1. The molecule has 2 aromatic heterocycles. The van der Waals surface area contributed by atoms with Crippen molar-refractivity contribution in [2.75, 3.05) is 18.4 Å². The van der Waals surface area contributed by atoms with Crippen molar-refractivity contribution in [1.82, 2.24) is 14.9 Å². The summed E-state index contributed by atoms with van der Waals surface area (Å²) in [5.41, 5.74) is 0.921. The normalized spacial score (nSPS) is 17.1. The van der Waals surface area contributed by atoms with Crippen LogP contribution in [0.25, 0.3) is 10.2 Å². The largest absolute Gasteiger partial charge is 0.357 e. The number of nitrogens with one attached hydrogen (secondary N) is 1. The van der Waals surface area contributed by atoms with Crippen LogP contribution in [0.4, 0.5) is 5.82 Å². The summed E-state index contributed by atoms with van der Waals surface area (Å²) < 4.78 is 1.01. The quantitative estimate of drug-likeness (QED) is 0.943. The number of hydrogen-bond donors (Lipinski definition) is 1.